The fraction of sp³-hybridized carbons (Fsp3) is 0.471. The van der Waals surface area contributed by atoms with Crippen LogP contribution < -0.4 is 5.56 Å². The van der Waals surface area contributed by atoms with E-state index < -0.39 is 0 Å². The molecule has 4 nitrogen and oxygen atoms in total. The number of thiazole rings is 1. The van der Waals surface area contributed by atoms with Gasteiger partial charge in [0.25, 0.3) is 5.56 Å². The first-order valence-corrected chi connectivity index (χ1v) is 9.78. The van der Waals surface area contributed by atoms with E-state index >= 15 is 0 Å². The summed E-state index contributed by atoms with van der Waals surface area (Å²) in [6.07, 6.45) is 5.88. The van der Waals surface area contributed by atoms with Crippen LogP contribution in [0.2, 0.25) is 0 Å². The van der Waals surface area contributed by atoms with Gasteiger partial charge in [0.1, 0.15) is 4.83 Å². The van der Waals surface area contributed by atoms with E-state index in [0.717, 1.165) is 40.2 Å². The summed E-state index contributed by atoms with van der Waals surface area (Å²) < 4.78 is 1.71. The Kier molecular flexibility index (Phi) is 3.81. The van der Waals surface area contributed by atoms with Crippen LogP contribution in [0, 0.1) is 5.92 Å². The summed E-state index contributed by atoms with van der Waals surface area (Å²) in [5, 5.41) is 4.01. The highest BCUT2D eigenvalue weighted by molar-refractivity contribution is 7.18. The van der Waals surface area contributed by atoms with Crippen molar-refractivity contribution in [2.75, 3.05) is 0 Å². The maximum Gasteiger partial charge on any atom is 0.262 e. The Morgan fingerprint density at radius 2 is 2.30 bits per heavy atom. The van der Waals surface area contributed by atoms with Gasteiger partial charge < -0.3 is 0 Å². The van der Waals surface area contributed by atoms with E-state index in [1.807, 2.05) is 5.38 Å². The van der Waals surface area contributed by atoms with Crippen molar-refractivity contribution >= 4 is 32.9 Å². The van der Waals surface area contributed by atoms with Gasteiger partial charge in [0, 0.05) is 10.3 Å². The lowest BCUT2D eigenvalue weighted by Gasteiger charge is -2.17. The van der Waals surface area contributed by atoms with Gasteiger partial charge in [0.2, 0.25) is 0 Å². The first-order chi connectivity index (χ1) is 11.2. The summed E-state index contributed by atoms with van der Waals surface area (Å²) in [6.45, 7) is 4.90. The maximum atomic E-state index is 12.9. The largest absolute Gasteiger partial charge is 0.293 e. The third kappa shape index (κ3) is 2.64. The van der Waals surface area contributed by atoms with Crippen LogP contribution in [-0.2, 0) is 25.8 Å². The highest BCUT2D eigenvalue weighted by Crippen LogP contribution is 2.35. The zero-order chi connectivity index (χ0) is 16.0. The Morgan fingerprint density at radius 1 is 1.43 bits per heavy atom. The molecular weight excluding hydrogens is 326 g/mol. The van der Waals surface area contributed by atoms with E-state index in [2.05, 4.69) is 23.8 Å². The molecule has 1 aliphatic rings. The Balaban J connectivity index is 1.77. The van der Waals surface area contributed by atoms with E-state index in [1.54, 1.807) is 33.6 Å². The number of aromatic nitrogens is 3. The zero-order valence-corrected chi connectivity index (χ0v) is 15.0. The van der Waals surface area contributed by atoms with Crippen LogP contribution in [0.5, 0.6) is 0 Å². The van der Waals surface area contributed by atoms with Crippen molar-refractivity contribution in [2.24, 2.45) is 5.92 Å². The van der Waals surface area contributed by atoms with Crippen molar-refractivity contribution in [3.05, 3.63) is 43.2 Å². The zero-order valence-electron chi connectivity index (χ0n) is 13.3. The topological polar surface area (TPSA) is 47.8 Å². The summed E-state index contributed by atoms with van der Waals surface area (Å²) in [5.41, 5.74) is 2.29. The van der Waals surface area contributed by atoms with E-state index in [1.165, 1.54) is 16.9 Å². The SMILES string of the molecule is CCc1nc(Cn2cnc3sc4c(c3c2=O)CC[C@@H](C)C4)cs1. The fourth-order valence-corrected chi connectivity index (χ4v) is 5.31. The second-order valence-corrected chi connectivity index (χ2v) is 8.32. The average Bonchev–Trinajstić information content (AvgIpc) is 3.13. The molecule has 0 aromatic carbocycles. The molecule has 0 N–H and O–H groups in total. The number of hydrogen-bond donors (Lipinski definition) is 0. The Morgan fingerprint density at radius 3 is 3.09 bits per heavy atom. The van der Waals surface area contributed by atoms with Crippen LogP contribution in [0.15, 0.2) is 16.5 Å². The Hall–Kier alpha value is -1.53. The lowest BCUT2D eigenvalue weighted by Crippen LogP contribution is -2.22. The lowest BCUT2D eigenvalue weighted by atomic mass is 9.89. The molecule has 0 saturated heterocycles. The van der Waals surface area contributed by atoms with Crippen molar-refractivity contribution in [1.82, 2.24) is 14.5 Å². The molecule has 3 heterocycles. The number of hydrogen-bond acceptors (Lipinski definition) is 5. The number of thiophene rings is 1. The molecule has 0 fully saturated rings. The minimum Gasteiger partial charge on any atom is -0.293 e. The van der Waals surface area contributed by atoms with Crippen molar-refractivity contribution in [3.63, 3.8) is 0 Å². The third-order valence-electron chi connectivity index (χ3n) is 4.52. The molecule has 0 spiro atoms. The maximum absolute atomic E-state index is 12.9. The Labute approximate surface area is 142 Å². The summed E-state index contributed by atoms with van der Waals surface area (Å²) in [4.78, 5) is 24.3. The summed E-state index contributed by atoms with van der Waals surface area (Å²) in [6, 6.07) is 0. The van der Waals surface area contributed by atoms with Gasteiger partial charge in [-0.15, -0.1) is 22.7 Å². The first kappa shape index (κ1) is 15.0. The van der Waals surface area contributed by atoms with Crippen LogP contribution >= 0.6 is 22.7 Å². The lowest BCUT2D eigenvalue weighted by molar-refractivity contribution is 0.509. The van der Waals surface area contributed by atoms with Crippen molar-refractivity contribution in [1.29, 1.82) is 0 Å². The van der Waals surface area contributed by atoms with Crippen LogP contribution in [0.1, 0.15) is 41.4 Å². The van der Waals surface area contributed by atoms with Gasteiger partial charge in [-0.25, -0.2) is 9.97 Å². The second-order valence-electron chi connectivity index (χ2n) is 6.30. The van der Waals surface area contributed by atoms with E-state index in [-0.39, 0.29) is 5.56 Å². The first-order valence-electron chi connectivity index (χ1n) is 8.08. The van der Waals surface area contributed by atoms with Crippen LogP contribution in [0.3, 0.4) is 0 Å². The molecule has 6 heteroatoms. The third-order valence-corrected chi connectivity index (χ3v) is 6.72. The molecule has 0 amide bonds. The number of fused-ring (bicyclic) bond motifs is 3. The van der Waals surface area contributed by atoms with Gasteiger partial charge in [-0.1, -0.05) is 13.8 Å². The van der Waals surface area contributed by atoms with Gasteiger partial charge in [0.15, 0.2) is 0 Å². The van der Waals surface area contributed by atoms with Crippen LogP contribution in [0.25, 0.3) is 10.2 Å². The van der Waals surface area contributed by atoms with E-state index in [9.17, 15) is 4.79 Å². The molecular formula is C17H19N3OS2. The van der Waals surface area contributed by atoms with E-state index in [0.29, 0.717) is 12.5 Å². The van der Waals surface area contributed by atoms with Crippen LogP contribution in [0.4, 0.5) is 0 Å². The summed E-state index contributed by atoms with van der Waals surface area (Å²) in [7, 11) is 0. The highest BCUT2D eigenvalue weighted by atomic mass is 32.1. The van der Waals surface area contributed by atoms with Gasteiger partial charge in [-0.3, -0.25) is 9.36 Å². The minimum atomic E-state index is 0.0908. The van der Waals surface area contributed by atoms with Crippen molar-refractivity contribution in [3.8, 4) is 0 Å². The van der Waals surface area contributed by atoms with Crippen molar-refractivity contribution < 1.29 is 0 Å². The molecule has 1 atom stereocenters. The monoisotopic (exact) mass is 345 g/mol. The predicted molar refractivity (Wildman–Crippen MR) is 95.7 cm³/mol. The minimum absolute atomic E-state index is 0.0908. The molecule has 0 bridgehead atoms. The predicted octanol–water partition coefficient (Wildman–Crippen LogP) is 3.65. The molecule has 4 rings (SSSR count). The number of rotatable bonds is 3. The molecule has 120 valence electrons. The molecule has 23 heavy (non-hydrogen) atoms. The summed E-state index contributed by atoms with van der Waals surface area (Å²) in [5.74, 6) is 0.709. The standard InChI is InChI=1S/C17H19N3OS2/c1-3-14-19-11(8-22-14)7-20-9-18-16-15(17(20)21)12-5-4-10(2)6-13(12)23-16/h8-10H,3-7H2,1-2H3/t10-/m1/s1. The molecule has 3 aromatic rings. The molecule has 1 aliphatic carbocycles. The molecule has 3 aromatic heterocycles. The Bertz CT molecular complexity index is 922. The fourth-order valence-electron chi connectivity index (χ4n) is 3.24. The quantitative estimate of drug-likeness (QED) is 0.728. The highest BCUT2D eigenvalue weighted by Gasteiger charge is 2.23. The molecule has 0 saturated carbocycles. The molecule has 0 radical (unpaired) electrons. The van der Waals surface area contributed by atoms with Crippen molar-refractivity contribution in [2.45, 2.75) is 46.1 Å². The van der Waals surface area contributed by atoms with Gasteiger partial charge >= 0.3 is 0 Å². The summed E-state index contributed by atoms with van der Waals surface area (Å²) >= 11 is 3.36. The second kappa shape index (κ2) is 5.83. The normalized spacial score (nSPS) is 17.6. The van der Waals surface area contributed by atoms with E-state index in [4.69, 9.17) is 0 Å². The average molecular weight is 345 g/mol. The molecule has 0 unspecified atom stereocenters. The van der Waals surface area contributed by atoms with Gasteiger partial charge in [-0.2, -0.15) is 0 Å². The smallest absolute Gasteiger partial charge is 0.262 e. The van der Waals surface area contributed by atoms with Crippen LogP contribution in [-0.4, -0.2) is 14.5 Å². The number of nitrogens with zero attached hydrogens (tertiary/aromatic N) is 3. The van der Waals surface area contributed by atoms with Gasteiger partial charge in [0.05, 0.1) is 29.0 Å². The van der Waals surface area contributed by atoms with Gasteiger partial charge in [-0.05, 0) is 37.2 Å². The molecule has 0 aliphatic heterocycles. The number of aryl methyl sites for hydroxylation is 2.